The van der Waals surface area contributed by atoms with Crippen LogP contribution in [-0.2, 0) is 9.53 Å². The minimum atomic E-state index is -0.108. The van der Waals surface area contributed by atoms with E-state index in [1.165, 1.54) is 19.3 Å². The molecule has 1 fully saturated rings. The predicted octanol–water partition coefficient (Wildman–Crippen LogP) is 2.74. The van der Waals surface area contributed by atoms with Crippen LogP contribution in [0.2, 0.25) is 0 Å². The third-order valence-corrected chi connectivity index (χ3v) is 3.98. The molecule has 0 saturated heterocycles. The van der Waals surface area contributed by atoms with E-state index in [9.17, 15) is 4.79 Å². The van der Waals surface area contributed by atoms with E-state index < -0.39 is 0 Å². The molecule has 1 aliphatic rings. The maximum absolute atomic E-state index is 11.5. The molecule has 0 heterocycles. The molecule has 1 saturated carbocycles. The van der Waals surface area contributed by atoms with Crippen molar-refractivity contribution in [2.45, 2.75) is 58.9 Å². The lowest BCUT2D eigenvalue weighted by atomic mass is 9.78. The maximum atomic E-state index is 11.5. The third-order valence-electron chi connectivity index (χ3n) is 3.98. The standard InChI is InChI=1S/C14H27NO2/c1-4-5-9-17-14(16)10-15-13-8-6-7-11(2)12(13)3/h11-13,15H,4-10H2,1-3H3. The first-order valence-corrected chi connectivity index (χ1v) is 7.04. The Morgan fingerprint density at radius 3 is 2.82 bits per heavy atom. The van der Waals surface area contributed by atoms with Gasteiger partial charge < -0.3 is 10.1 Å². The van der Waals surface area contributed by atoms with Crippen LogP contribution in [0.15, 0.2) is 0 Å². The highest BCUT2D eigenvalue weighted by Crippen LogP contribution is 2.29. The molecule has 1 aliphatic carbocycles. The van der Waals surface area contributed by atoms with Crippen molar-refractivity contribution in [2.24, 2.45) is 11.8 Å². The fraction of sp³-hybridized carbons (Fsp3) is 0.929. The summed E-state index contributed by atoms with van der Waals surface area (Å²) in [6, 6.07) is 0.484. The molecular weight excluding hydrogens is 214 g/mol. The average molecular weight is 241 g/mol. The van der Waals surface area contributed by atoms with Crippen LogP contribution in [0.3, 0.4) is 0 Å². The SMILES string of the molecule is CCCCOC(=O)CNC1CCCC(C)C1C. The number of hydrogen-bond donors (Lipinski definition) is 1. The van der Waals surface area contributed by atoms with Crippen molar-refractivity contribution in [3.63, 3.8) is 0 Å². The van der Waals surface area contributed by atoms with Gasteiger partial charge in [-0.15, -0.1) is 0 Å². The van der Waals surface area contributed by atoms with Crippen molar-refractivity contribution < 1.29 is 9.53 Å². The van der Waals surface area contributed by atoms with E-state index in [-0.39, 0.29) is 5.97 Å². The molecule has 3 unspecified atom stereocenters. The van der Waals surface area contributed by atoms with E-state index in [1.807, 2.05) is 0 Å². The van der Waals surface area contributed by atoms with Crippen molar-refractivity contribution in [3.05, 3.63) is 0 Å². The summed E-state index contributed by atoms with van der Waals surface area (Å²) in [5.74, 6) is 1.31. The summed E-state index contributed by atoms with van der Waals surface area (Å²) >= 11 is 0. The van der Waals surface area contributed by atoms with Gasteiger partial charge in [-0.3, -0.25) is 4.79 Å². The predicted molar refractivity (Wildman–Crippen MR) is 69.8 cm³/mol. The minimum Gasteiger partial charge on any atom is -0.465 e. The zero-order chi connectivity index (χ0) is 12.7. The van der Waals surface area contributed by atoms with Gasteiger partial charge in [-0.2, -0.15) is 0 Å². The van der Waals surface area contributed by atoms with Gasteiger partial charge in [-0.05, 0) is 24.7 Å². The Morgan fingerprint density at radius 2 is 2.12 bits per heavy atom. The van der Waals surface area contributed by atoms with Crippen LogP contribution in [0.5, 0.6) is 0 Å². The number of rotatable bonds is 6. The summed E-state index contributed by atoms with van der Waals surface area (Å²) in [6.07, 6.45) is 5.81. The van der Waals surface area contributed by atoms with Gasteiger partial charge in [0.2, 0.25) is 0 Å². The molecule has 1 rings (SSSR count). The smallest absolute Gasteiger partial charge is 0.319 e. The lowest BCUT2D eigenvalue weighted by Crippen LogP contribution is -2.43. The van der Waals surface area contributed by atoms with Crippen LogP contribution in [0.1, 0.15) is 52.9 Å². The quantitative estimate of drug-likeness (QED) is 0.574. The molecule has 100 valence electrons. The molecule has 3 heteroatoms. The van der Waals surface area contributed by atoms with E-state index in [4.69, 9.17) is 4.74 Å². The average Bonchev–Trinajstić information content (AvgIpc) is 2.31. The minimum absolute atomic E-state index is 0.108. The van der Waals surface area contributed by atoms with Crippen LogP contribution in [0.4, 0.5) is 0 Å². The molecule has 17 heavy (non-hydrogen) atoms. The summed E-state index contributed by atoms with van der Waals surface area (Å²) in [7, 11) is 0. The second-order valence-electron chi connectivity index (χ2n) is 5.33. The molecule has 3 nitrogen and oxygen atoms in total. The van der Waals surface area contributed by atoms with Crippen LogP contribution < -0.4 is 5.32 Å². The molecule has 3 atom stereocenters. The number of carbonyl (C=O) groups is 1. The number of carbonyl (C=O) groups excluding carboxylic acids is 1. The number of nitrogens with one attached hydrogen (secondary N) is 1. The highest BCUT2D eigenvalue weighted by Gasteiger charge is 2.26. The Bertz CT molecular complexity index is 230. The Labute approximate surface area is 105 Å². The van der Waals surface area contributed by atoms with Gasteiger partial charge in [0.25, 0.3) is 0 Å². The van der Waals surface area contributed by atoms with E-state index >= 15 is 0 Å². The van der Waals surface area contributed by atoms with E-state index in [2.05, 4.69) is 26.1 Å². The third kappa shape index (κ3) is 5.07. The van der Waals surface area contributed by atoms with Gasteiger partial charge in [0.15, 0.2) is 0 Å². The van der Waals surface area contributed by atoms with Crippen LogP contribution >= 0.6 is 0 Å². The Morgan fingerprint density at radius 1 is 1.35 bits per heavy atom. The van der Waals surface area contributed by atoms with Gasteiger partial charge in [0.1, 0.15) is 0 Å². The van der Waals surface area contributed by atoms with E-state index in [0.29, 0.717) is 25.1 Å². The second-order valence-corrected chi connectivity index (χ2v) is 5.33. The van der Waals surface area contributed by atoms with Crippen LogP contribution in [0.25, 0.3) is 0 Å². The van der Waals surface area contributed by atoms with Crippen molar-refractivity contribution >= 4 is 5.97 Å². The zero-order valence-corrected chi connectivity index (χ0v) is 11.5. The molecule has 0 spiro atoms. The summed E-state index contributed by atoms with van der Waals surface area (Å²) in [5, 5.41) is 3.35. The summed E-state index contributed by atoms with van der Waals surface area (Å²) in [4.78, 5) is 11.5. The highest BCUT2D eigenvalue weighted by atomic mass is 16.5. The van der Waals surface area contributed by atoms with Crippen molar-refractivity contribution in [1.82, 2.24) is 5.32 Å². The molecule has 0 amide bonds. The molecule has 0 aliphatic heterocycles. The lowest BCUT2D eigenvalue weighted by Gasteiger charge is -2.34. The fourth-order valence-corrected chi connectivity index (χ4v) is 2.47. The second kappa shape index (κ2) is 7.70. The number of esters is 1. The molecule has 0 bridgehead atoms. The number of unbranched alkanes of at least 4 members (excludes halogenated alkanes) is 1. The van der Waals surface area contributed by atoms with Crippen molar-refractivity contribution in [3.8, 4) is 0 Å². The van der Waals surface area contributed by atoms with Gasteiger partial charge in [-0.1, -0.05) is 40.0 Å². The molecule has 0 aromatic heterocycles. The summed E-state index contributed by atoms with van der Waals surface area (Å²) in [6.45, 7) is 7.61. The van der Waals surface area contributed by atoms with Crippen LogP contribution in [0, 0.1) is 11.8 Å². The van der Waals surface area contributed by atoms with Crippen molar-refractivity contribution in [1.29, 1.82) is 0 Å². The summed E-state index contributed by atoms with van der Waals surface area (Å²) in [5.41, 5.74) is 0. The first-order valence-electron chi connectivity index (χ1n) is 7.04. The molecule has 1 N–H and O–H groups in total. The van der Waals surface area contributed by atoms with E-state index in [0.717, 1.165) is 18.8 Å². The first-order chi connectivity index (χ1) is 8.15. The topological polar surface area (TPSA) is 38.3 Å². The Balaban J connectivity index is 2.18. The van der Waals surface area contributed by atoms with Gasteiger partial charge in [0.05, 0.1) is 13.2 Å². The van der Waals surface area contributed by atoms with Gasteiger partial charge >= 0.3 is 5.97 Å². The zero-order valence-electron chi connectivity index (χ0n) is 11.5. The highest BCUT2D eigenvalue weighted by molar-refractivity contribution is 5.71. The Kier molecular flexibility index (Phi) is 6.56. The van der Waals surface area contributed by atoms with Gasteiger partial charge in [0, 0.05) is 6.04 Å². The maximum Gasteiger partial charge on any atom is 0.319 e. The largest absolute Gasteiger partial charge is 0.465 e. The van der Waals surface area contributed by atoms with Crippen molar-refractivity contribution in [2.75, 3.05) is 13.2 Å². The number of ether oxygens (including phenoxy) is 1. The number of hydrogen-bond acceptors (Lipinski definition) is 3. The monoisotopic (exact) mass is 241 g/mol. The Hall–Kier alpha value is -0.570. The van der Waals surface area contributed by atoms with Gasteiger partial charge in [-0.25, -0.2) is 0 Å². The normalized spacial score (nSPS) is 29.0. The molecule has 0 aromatic carbocycles. The fourth-order valence-electron chi connectivity index (χ4n) is 2.47. The van der Waals surface area contributed by atoms with Crippen LogP contribution in [-0.4, -0.2) is 25.2 Å². The molecule has 0 aromatic rings. The summed E-state index contributed by atoms with van der Waals surface area (Å²) < 4.78 is 5.13. The lowest BCUT2D eigenvalue weighted by molar-refractivity contribution is -0.142. The first kappa shape index (κ1) is 14.5. The van der Waals surface area contributed by atoms with E-state index in [1.54, 1.807) is 0 Å². The molecular formula is C14H27NO2. The molecule has 0 radical (unpaired) electrons.